The Labute approximate surface area is 168 Å². The van der Waals surface area contributed by atoms with Crippen molar-refractivity contribution < 1.29 is 4.74 Å². The highest BCUT2D eigenvalue weighted by Crippen LogP contribution is 2.42. The molecule has 1 aliphatic carbocycles. The van der Waals surface area contributed by atoms with Crippen LogP contribution in [0, 0.1) is 0 Å². The minimum atomic E-state index is 0.432. The van der Waals surface area contributed by atoms with E-state index in [1.54, 1.807) is 17.7 Å². The lowest BCUT2D eigenvalue weighted by Crippen LogP contribution is -2.10. The van der Waals surface area contributed by atoms with Crippen LogP contribution in [0.4, 0.5) is 0 Å². The first-order valence-corrected chi connectivity index (χ1v) is 10.8. The number of hydrogen-bond donors (Lipinski definition) is 0. The average molecular weight is 390 g/mol. The molecule has 0 fully saturated rings. The summed E-state index contributed by atoms with van der Waals surface area (Å²) in [6.07, 6.45) is 6.36. The molecule has 0 radical (unpaired) electrons. The topological polar surface area (TPSA) is 47.9 Å². The van der Waals surface area contributed by atoms with Gasteiger partial charge in [-0.3, -0.25) is 0 Å². The Hall–Kier alpha value is -2.53. The quantitative estimate of drug-likeness (QED) is 0.441. The van der Waals surface area contributed by atoms with Crippen molar-refractivity contribution in [2.75, 3.05) is 0 Å². The van der Waals surface area contributed by atoms with E-state index in [1.165, 1.54) is 35.0 Å². The molecule has 142 valence electrons. The number of ether oxygens (including phenoxy) is 1. The molecule has 0 aliphatic heterocycles. The van der Waals surface area contributed by atoms with Gasteiger partial charge in [0.15, 0.2) is 0 Å². The molecule has 4 aromatic rings. The maximum Gasteiger partial charge on any atom is 0.235 e. The Balaban J connectivity index is 1.66. The predicted octanol–water partition coefficient (Wildman–Crippen LogP) is 5.82. The lowest BCUT2D eigenvalue weighted by molar-refractivity contribution is 0.298. The first-order valence-electron chi connectivity index (χ1n) is 9.98. The van der Waals surface area contributed by atoms with Crippen molar-refractivity contribution in [2.24, 2.45) is 0 Å². The zero-order chi connectivity index (χ0) is 19.1. The average Bonchev–Trinajstić information content (AvgIpc) is 3.11. The number of pyridine rings is 1. The molecule has 1 aromatic carbocycles. The summed E-state index contributed by atoms with van der Waals surface area (Å²) in [5.74, 6) is 1.09. The molecular weight excluding hydrogens is 366 g/mol. The van der Waals surface area contributed by atoms with Crippen LogP contribution in [-0.2, 0) is 19.4 Å². The molecule has 0 amide bonds. The van der Waals surface area contributed by atoms with Crippen LogP contribution >= 0.6 is 11.3 Å². The van der Waals surface area contributed by atoms with Crippen molar-refractivity contribution in [1.29, 1.82) is 0 Å². The third-order valence-corrected chi connectivity index (χ3v) is 6.55. The monoisotopic (exact) mass is 389 g/mol. The second kappa shape index (κ2) is 7.13. The van der Waals surface area contributed by atoms with E-state index in [0.717, 1.165) is 33.5 Å². The van der Waals surface area contributed by atoms with Gasteiger partial charge in [-0.25, -0.2) is 15.0 Å². The summed E-state index contributed by atoms with van der Waals surface area (Å²) in [7, 11) is 0. The molecule has 0 saturated heterocycles. The smallest absolute Gasteiger partial charge is 0.235 e. The zero-order valence-corrected chi connectivity index (χ0v) is 17.1. The molecule has 5 heteroatoms. The molecule has 0 spiro atoms. The van der Waals surface area contributed by atoms with Crippen LogP contribution in [0.1, 0.15) is 55.0 Å². The van der Waals surface area contributed by atoms with E-state index in [1.807, 2.05) is 18.2 Å². The summed E-state index contributed by atoms with van der Waals surface area (Å²) in [6, 6.07) is 10.2. The summed E-state index contributed by atoms with van der Waals surface area (Å²) in [4.78, 5) is 15.2. The molecule has 0 N–H and O–H groups in total. The van der Waals surface area contributed by atoms with E-state index in [9.17, 15) is 0 Å². The lowest BCUT2D eigenvalue weighted by atomic mass is 9.86. The number of thiophene rings is 1. The Bertz CT molecular complexity index is 1150. The van der Waals surface area contributed by atoms with Gasteiger partial charge in [0.2, 0.25) is 5.88 Å². The van der Waals surface area contributed by atoms with Gasteiger partial charge in [-0.1, -0.05) is 44.2 Å². The molecule has 0 unspecified atom stereocenters. The fourth-order valence-corrected chi connectivity index (χ4v) is 5.28. The van der Waals surface area contributed by atoms with Gasteiger partial charge in [0.05, 0.1) is 5.52 Å². The fraction of sp³-hybridized carbons (Fsp3) is 0.348. The van der Waals surface area contributed by atoms with Crippen molar-refractivity contribution in [3.8, 4) is 5.88 Å². The lowest BCUT2D eigenvalue weighted by Gasteiger charge is -2.21. The van der Waals surface area contributed by atoms with Gasteiger partial charge < -0.3 is 4.74 Å². The Kier molecular flexibility index (Phi) is 4.47. The van der Waals surface area contributed by atoms with Gasteiger partial charge in [0, 0.05) is 11.1 Å². The van der Waals surface area contributed by atoms with E-state index in [0.29, 0.717) is 18.4 Å². The van der Waals surface area contributed by atoms with Gasteiger partial charge >= 0.3 is 0 Å². The SMILES string of the molecule is CC(C)c1nc2sc3c(OCc4ccccc4)ncnc3c2c2c1CCCC2. The third kappa shape index (κ3) is 2.94. The van der Waals surface area contributed by atoms with Gasteiger partial charge in [-0.2, -0.15) is 0 Å². The number of rotatable bonds is 4. The van der Waals surface area contributed by atoms with Gasteiger partial charge in [-0.15, -0.1) is 11.3 Å². The molecule has 3 heterocycles. The summed E-state index contributed by atoms with van der Waals surface area (Å²) in [6.45, 7) is 4.99. The number of aryl methyl sites for hydroxylation is 1. The van der Waals surface area contributed by atoms with Gasteiger partial charge in [0.25, 0.3) is 0 Å². The first-order chi connectivity index (χ1) is 13.7. The third-order valence-electron chi connectivity index (χ3n) is 5.49. The summed E-state index contributed by atoms with van der Waals surface area (Å²) < 4.78 is 7.10. The molecule has 5 rings (SSSR count). The Morgan fingerprint density at radius 1 is 1.04 bits per heavy atom. The molecule has 28 heavy (non-hydrogen) atoms. The van der Waals surface area contributed by atoms with E-state index >= 15 is 0 Å². The van der Waals surface area contributed by atoms with Crippen LogP contribution in [0.2, 0.25) is 0 Å². The van der Waals surface area contributed by atoms with Gasteiger partial charge in [-0.05, 0) is 48.3 Å². The van der Waals surface area contributed by atoms with E-state index in [4.69, 9.17) is 9.72 Å². The number of hydrogen-bond acceptors (Lipinski definition) is 5. The summed E-state index contributed by atoms with van der Waals surface area (Å²) in [5.41, 5.74) is 6.30. The second-order valence-electron chi connectivity index (χ2n) is 7.73. The van der Waals surface area contributed by atoms with Gasteiger partial charge in [0.1, 0.15) is 22.5 Å². The van der Waals surface area contributed by atoms with E-state index in [-0.39, 0.29) is 0 Å². The predicted molar refractivity (Wildman–Crippen MR) is 114 cm³/mol. The Morgan fingerprint density at radius 3 is 2.61 bits per heavy atom. The highest BCUT2D eigenvalue weighted by atomic mass is 32.1. The Morgan fingerprint density at radius 2 is 1.82 bits per heavy atom. The second-order valence-corrected chi connectivity index (χ2v) is 8.73. The van der Waals surface area contributed by atoms with Crippen molar-refractivity contribution in [3.63, 3.8) is 0 Å². The molecule has 0 saturated carbocycles. The normalized spacial score (nSPS) is 14.0. The number of benzene rings is 1. The van der Waals surface area contributed by atoms with Crippen LogP contribution < -0.4 is 4.74 Å². The van der Waals surface area contributed by atoms with Crippen molar-refractivity contribution >= 4 is 31.8 Å². The van der Waals surface area contributed by atoms with E-state index in [2.05, 4.69) is 35.9 Å². The number of nitrogens with zero attached hydrogens (tertiary/aromatic N) is 3. The van der Waals surface area contributed by atoms with Crippen LogP contribution in [0.5, 0.6) is 5.88 Å². The van der Waals surface area contributed by atoms with Crippen molar-refractivity contribution in [1.82, 2.24) is 15.0 Å². The summed E-state index contributed by atoms with van der Waals surface area (Å²) >= 11 is 1.67. The largest absolute Gasteiger partial charge is 0.472 e. The molecule has 1 aliphatic rings. The fourth-order valence-electron chi connectivity index (χ4n) is 4.17. The first kappa shape index (κ1) is 17.6. The zero-order valence-electron chi connectivity index (χ0n) is 16.2. The maximum absolute atomic E-state index is 6.09. The van der Waals surface area contributed by atoms with Crippen LogP contribution in [0.25, 0.3) is 20.4 Å². The van der Waals surface area contributed by atoms with Crippen LogP contribution in [0.15, 0.2) is 36.7 Å². The standard InChI is InChI=1S/C23H23N3OS/c1-14(2)19-17-11-7-6-10-16(17)18-20-21(28-23(18)26-19)22(25-13-24-20)27-12-15-8-4-3-5-9-15/h3-5,8-9,13-14H,6-7,10-12H2,1-2H3. The molecular formula is C23H23N3OS. The maximum atomic E-state index is 6.09. The number of aromatic nitrogens is 3. The minimum Gasteiger partial charge on any atom is -0.472 e. The molecule has 0 atom stereocenters. The van der Waals surface area contributed by atoms with Crippen LogP contribution in [-0.4, -0.2) is 15.0 Å². The molecule has 4 nitrogen and oxygen atoms in total. The van der Waals surface area contributed by atoms with Crippen molar-refractivity contribution in [2.45, 2.75) is 52.1 Å². The van der Waals surface area contributed by atoms with Crippen LogP contribution in [0.3, 0.4) is 0 Å². The minimum absolute atomic E-state index is 0.432. The number of fused-ring (bicyclic) bond motifs is 5. The molecule has 0 bridgehead atoms. The highest BCUT2D eigenvalue weighted by molar-refractivity contribution is 7.25. The molecule has 3 aromatic heterocycles. The summed E-state index contributed by atoms with van der Waals surface area (Å²) in [5, 5.41) is 1.23. The van der Waals surface area contributed by atoms with E-state index < -0.39 is 0 Å². The highest BCUT2D eigenvalue weighted by Gasteiger charge is 2.24. The van der Waals surface area contributed by atoms with Crippen molar-refractivity contribution in [3.05, 3.63) is 59.0 Å².